The van der Waals surface area contributed by atoms with Gasteiger partial charge in [-0.05, 0) is 56.7 Å². The van der Waals surface area contributed by atoms with Crippen molar-refractivity contribution in [3.8, 4) is 0 Å². The first kappa shape index (κ1) is 16.0. The van der Waals surface area contributed by atoms with Crippen LogP contribution in [0.15, 0.2) is 30.3 Å². The van der Waals surface area contributed by atoms with Crippen LogP contribution in [-0.2, 0) is 15.9 Å². The maximum atomic E-state index is 5.73. The van der Waals surface area contributed by atoms with Gasteiger partial charge in [0.05, 0.1) is 25.9 Å². The van der Waals surface area contributed by atoms with E-state index in [2.05, 4.69) is 35.2 Å². The molecular weight excluding hydrogens is 274 g/mol. The van der Waals surface area contributed by atoms with Crippen LogP contribution in [0.3, 0.4) is 0 Å². The lowest BCUT2D eigenvalue weighted by Gasteiger charge is -2.33. The maximum Gasteiger partial charge on any atom is 0.0821 e. The van der Waals surface area contributed by atoms with Gasteiger partial charge in [0.2, 0.25) is 0 Å². The van der Waals surface area contributed by atoms with Gasteiger partial charge in [-0.2, -0.15) is 0 Å². The Morgan fingerprint density at radius 1 is 1.00 bits per heavy atom. The molecule has 3 rings (SSSR count). The molecule has 0 amide bonds. The largest absolute Gasteiger partial charge is 0.376 e. The van der Waals surface area contributed by atoms with Crippen molar-refractivity contribution in [2.24, 2.45) is 5.92 Å². The van der Waals surface area contributed by atoms with Crippen LogP contribution in [0.25, 0.3) is 0 Å². The van der Waals surface area contributed by atoms with Crippen molar-refractivity contribution in [3.05, 3.63) is 35.9 Å². The number of aryl methyl sites for hydroxylation is 1. The van der Waals surface area contributed by atoms with Gasteiger partial charge in [-0.25, -0.2) is 0 Å². The molecular formula is C19H29NO2. The number of hydrogen-bond acceptors (Lipinski definition) is 3. The molecule has 1 aromatic rings. The van der Waals surface area contributed by atoms with E-state index in [-0.39, 0.29) is 0 Å². The second-order valence-corrected chi connectivity index (χ2v) is 6.67. The van der Waals surface area contributed by atoms with Crippen LogP contribution in [0.2, 0.25) is 0 Å². The molecule has 0 radical (unpaired) electrons. The molecule has 0 aromatic heterocycles. The number of piperidine rings is 1. The van der Waals surface area contributed by atoms with Gasteiger partial charge in [0.1, 0.15) is 0 Å². The summed E-state index contributed by atoms with van der Waals surface area (Å²) in [6.07, 6.45) is 6.73. The predicted octanol–water partition coefficient (Wildman–Crippen LogP) is 3.14. The summed E-state index contributed by atoms with van der Waals surface area (Å²) >= 11 is 0. The summed E-state index contributed by atoms with van der Waals surface area (Å²) in [5, 5.41) is 0. The molecule has 0 N–H and O–H groups in total. The van der Waals surface area contributed by atoms with Crippen LogP contribution < -0.4 is 0 Å². The summed E-state index contributed by atoms with van der Waals surface area (Å²) in [6.45, 7) is 6.00. The SMILES string of the molecule is c1ccc(CCC2CCN(CCC3COCCO3)CC2)cc1. The van der Waals surface area contributed by atoms with Gasteiger partial charge in [-0.1, -0.05) is 30.3 Å². The molecule has 1 aromatic carbocycles. The lowest BCUT2D eigenvalue weighted by atomic mass is 9.90. The van der Waals surface area contributed by atoms with E-state index in [1.54, 1.807) is 0 Å². The maximum absolute atomic E-state index is 5.73. The molecule has 0 bridgehead atoms. The lowest BCUT2D eigenvalue weighted by molar-refractivity contribution is -0.0931. The molecule has 2 heterocycles. The zero-order chi connectivity index (χ0) is 15.0. The van der Waals surface area contributed by atoms with E-state index in [1.807, 2.05) is 0 Å². The van der Waals surface area contributed by atoms with Crippen molar-refractivity contribution >= 4 is 0 Å². The van der Waals surface area contributed by atoms with Crippen LogP contribution in [0.5, 0.6) is 0 Å². The van der Waals surface area contributed by atoms with Crippen molar-refractivity contribution in [2.75, 3.05) is 39.5 Å². The Hall–Kier alpha value is -0.900. The summed E-state index contributed by atoms with van der Waals surface area (Å²) in [5.74, 6) is 0.908. The molecule has 1 atom stereocenters. The topological polar surface area (TPSA) is 21.7 Å². The predicted molar refractivity (Wildman–Crippen MR) is 89.1 cm³/mol. The standard InChI is InChI=1S/C19H29NO2/c1-2-4-17(5-3-1)6-7-18-8-11-20(12-9-18)13-10-19-16-21-14-15-22-19/h1-5,18-19H,6-16H2. The fourth-order valence-corrected chi connectivity index (χ4v) is 3.54. The Morgan fingerprint density at radius 3 is 2.55 bits per heavy atom. The van der Waals surface area contributed by atoms with Gasteiger partial charge in [0.25, 0.3) is 0 Å². The molecule has 122 valence electrons. The Balaban J connectivity index is 1.30. The normalized spacial score (nSPS) is 24.5. The molecule has 1 unspecified atom stereocenters. The fourth-order valence-electron chi connectivity index (χ4n) is 3.54. The second kappa shape index (κ2) is 8.66. The number of rotatable bonds is 6. The van der Waals surface area contributed by atoms with E-state index in [1.165, 1.54) is 50.9 Å². The molecule has 2 saturated heterocycles. The number of benzene rings is 1. The highest BCUT2D eigenvalue weighted by molar-refractivity contribution is 5.14. The zero-order valence-corrected chi connectivity index (χ0v) is 13.6. The fraction of sp³-hybridized carbons (Fsp3) is 0.684. The van der Waals surface area contributed by atoms with E-state index in [0.29, 0.717) is 6.10 Å². The third-order valence-corrected chi connectivity index (χ3v) is 5.04. The number of nitrogens with zero attached hydrogens (tertiary/aromatic N) is 1. The smallest absolute Gasteiger partial charge is 0.0821 e. The highest BCUT2D eigenvalue weighted by Gasteiger charge is 2.21. The molecule has 2 aliphatic rings. The average Bonchev–Trinajstić information content (AvgIpc) is 2.61. The molecule has 0 saturated carbocycles. The zero-order valence-electron chi connectivity index (χ0n) is 13.6. The van der Waals surface area contributed by atoms with Gasteiger partial charge in [0, 0.05) is 6.54 Å². The van der Waals surface area contributed by atoms with E-state index in [9.17, 15) is 0 Å². The van der Waals surface area contributed by atoms with Crippen LogP contribution in [0.4, 0.5) is 0 Å². The van der Waals surface area contributed by atoms with Crippen LogP contribution in [0, 0.1) is 5.92 Å². The highest BCUT2D eigenvalue weighted by Crippen LogP contribution is 2.23. The molecule has 2 fully saturated rings. The Bertz CT molecular complexity index is 409. The van der Waals surface area contributed by atoms with Crippen LogP contribution >= 0.6 is 0 Å². The van der Waals surface area contributed by atoms with Crippen molar-refractivity contribution in [1.82, 2.24) is 4.90 Å². The molecule has 3 heteroatoms. The summed E-state index contributed by atoms with van der Waals surface area (Å²) in [4.78, 5) is 2.61. The van der Waals surface area contributed by atoms with Gasteiger partial charge >= 0.3 is 0 Å². The van der Waals surface area contributed by atoms with Gasteiger partial charge < -0.3 is 14.4 Å². The van der Waals surface area contributed by atoms with Crippen molar-refractivity contribution in [2.45, 2.75) is 38.2 Å². The summed E-state index contributed by atoms with van der Waals surface area (Å²) in [7, 11) is 0. The van der Waals surface area contributed by atoms with Crippen molar-refractivity contribution in [1.29, 1.82) is 0 Å². The average molecular weight is 303 g/mol. The number of ether oxygens (including phenoxy) is 2. The van der Waals surface area contributed by atoms with E-state index < -0.39 is 0 Å². The Morgan fingerprint density at radius 2 is 1.82 bits per heavy atom. The number of likely N-dealkylation sites (tertiary alicyclic amines) is 1. The Labute approximate surface area is 134 Å². The minimum atomic E-state index is 0.324. The van der Waals surface area contributed by atoms with Crippen LogP contribution in [0.1, 0.15) is 31.2 Å². The minimum Gasteiger partial charge on any atom is -0.376 e. The third kappa shape index (κ3) is 5.08. The van der Waals surface area contributed by atoms with Gasteiger partial charge in [0.15, 0.2) is 0 Å². The lowest BCUT2D eigenvalue weighted by Crippen LogP contribution is -2.38. The minimum absolute atomic E-state index is 0.324. The van der Waals surface area contributed by atoms with Gasteiger partial charge in [-0.3, -0.25) is 0 Å². The summed E-state index contributed by atoms with van der Waals surface area (Å²) in [5.41, 5.74) is 1.49. The highest BCUT2D eigenvalue weighted by atomic mass is 16.6. The van der Waals surface area contributed by atoms with Crippen LogP contribution in [-0.4, -0.2) is 50.5 Å². The summed E-state index contributed by atoms with van der Waals surface area (Å²) < 4.78 is 11.2. The summed E-state index contributed by atoms with van der Waals surface area (Å²) in [6, 6.07) is 10.9. The molecule has 0 aliphatic carbocycles. The number of hydrogen-bond donors (Lipinski definition) is 0. The quantitative estimate of drug-likeness (QED) is 0.806. The first-order chi connectivity index (χ1) is 10.9. The third-order valence-electron chi connectivity index (χ3n) is 5.04. The molecule has 0 spiro atoms. The molecule has 22 heavy (non-hydrogen) atoms. The van der Waals surface area contributed by atoms with Gasteiger partial charge in [-0.15, -0.1) is 0 Å². The van der Waals surface area contributed by atoms with Crippen molar-refractivity contribution in [3.63, 3.8) is 0 Å². The second-order valence-electron chi connectivity index (χ2n) is 6.67. The van der Waals surface area contributed by atoms with E-state index in [0.717, 1.165) is 32.2 Å². The monoisotopic (exact) mass is 303 g/mol. The van der Waals surface area contributed by atoms with E-state index in [4.69, 9.17) is 9.47 Å². The molecule has 2 aliphatic heterocycles. The van der Waals surface area contributed by atoms with E-state index >= 15 is 0 Å². The Kier molecular flexibility index (Phi) is 6.29. The molecule has 3 nitrogen and oxygen atoms in total. The first-order valence-electron chi connectivity index (χ1n) is 8.86. The van der Waals surface area contributed by atoms with Crippen molar-refractivity contribution < 1.29 is 9.47 Å². The first-order valence-corrected chi connectivity index (χ1v) is 8.86.